The van der Waals surface area contributed by atoms with Gasteiger partial charge >= 0.3 is 0 Å². The van der Waals surface area contributed by atoms with Crippen molar-refractivity contribution in [1.82, 2.24) is 10.2 Å². The molecule has 0 aromatic heterocycles. The Morgan fingerprint density at radius 1 is 0.904 bits per heavy atom. The average Bonchev–Trinajstić information content (AvgIpc) is 3.61. The molecule has 4 aromatic carbocycles. The first-order valence-corrected chi connectivity index (χ1v) is 18.0. The maximum absolute atomic E-state index is 14.1. The number of hydrogen-bond donors (Lipinski definition) is 5. The second-order valence-electron chi connectivity index (χ2n) is 14.0. The number of aliphatic hydroxyl groups excluding tert-OH is 3. The Morgan fingerprint density at radius 3 is 2.38 bits per heavy atom. The Balaban J connectivity index is 1.20. The fourth-order valence-electron chi connectivity index (χ4n) is 7.70. The van der Waals surface area contributed by atoms with Gasteiger partial charge in [0.05, 0.1) is 24.9 Å². The summed E-state index contributed by atoms with van der Waals surface area (Å²) in [5.74, 6) is -1.31. The standard InChI is InChI=1S/C42H47N3O7/c43-40(49)31-11-6-9-29(20-31)21-33-23-34(22-27-7-2-1-3-8-27)45(42(33)51)26-35(47)24-32(19-28-13-15-36(16-14-28)52-18-17-46)41(50)44-39-37-12-5-4-10-30(37)25-38(39)48/h1-16,20,32-35,38-39,46-48H,17-19,21-26H2,(H2,43,49)(H,44,50)/t32-,33+,34+,35+,38-,39?/m1/s1. The monoisotopic (exact) mass is 705 g/mol. The molecule has 1 aliphatic carbocycles. The van der Waals surface area contributed by atoms with E-state index in [1.807, 2.05) is 72.8 Å². The number of likely N-dealkylation sites (tertiary alicyclic amines) is 1. The van der Waals surface area contributed by atoms with Crippen LogP contribution in [0.5, 0.6) is 5.75 Å². The molecule has 10 heteroatoms. The second-order valence-corrected chi connectivity index (χ2v) is 14.0. The largest absolute Gasteiger partial charge is 0.491 e. The van der Waals surface area contributed by atoms with E-state index in [-0.39, 0.29) is 50.0 Å². The fraction of sp³-hybridized carbons (Fsp3) is 0.357. The van der Waals surface area contributed by atoms with Gasteiger partial charge in [0.15, 0.2) is 0 Å². The molecule has 6 atom stereocenters. The lowest BCUT2D eigenvalue weighted by Crippen LogP contribution is -2.43. The first-order valence-electron chi connectivity index (χ1n) is 18.0. The highest BCUT2D eigenvalue weighted by molar-refractivity contribution is 5.93. The van der Waals surface area contributed by atoms with E-state index < -0.39 is 30.1 Å². The van der Waals surface area contributed by atoms with Crippen molar-refractivity contribution in [3.05, 3.63) is 137 Å². The third-order valence-electron chi connectivity index (χ3n) is 10.2. The minimum Gasteiger partial charge on any atom is -0.491 e. The van der Waals surface area contributed by atoms with Crippen LogP contribution in [-0.2, 0) is 35.3 Å². The summed E-state index contributed by atoms with van der Waals surface area (Å²) in [6.45, 7) is 0.122. The predicted molar refractivity (Wildman–Crippen MR) is 196 cm³/mol. The number of β-amino-alcohol motifs (C(OH)–C–C–N with tert-alkyl or cyclic N) is 1. The molecule has 6 N–H and O–H groups in total. The predicted octanol–water partition coefficient (Wildman–Crippen LogP) is 3.54. The van der Waals surface area contributed by atoms with E-state index in [1.165, 1.54) is 0 Å². The number of ether oxygens (including phenoxy) is 1. The van der Waals surface area contributed by atoms with E-state index in [2.05, 4.69) is 5.32 Å². The molecule has 1 unspecified atom stereocenters. The molecule has 4 aromatic rings. The van der Waals surface area contributed by atoms with Crippen molar-refractivity contribution in [2.75, 3.05) is 19.8 Å². The van der Waals surface area contributed by atoms with E-state index in [0.29, 0.717) is 43.4 Å². The van der Waals surface area contributed by atoms with Crippen molar-refractivity contribution in [3.8, 4) is 5.75 Å². The smallest absolute Gasteiger partial charge is 0.248 e. The van der Waals surface area contributed by atoms with Gasteiger partial charge in [-0.15, -0.1) is 0 Å². The molecule has 1 fully saturated rings. The minimum absolute atomic E-state index is 0.0563. The van der Waals surface area contributed by atoms with Gasteiger partial charge in [0.2, 0.25) is 17.7 Å². The van der Waals surface area contributed by atoms with Crippen molar-refractivity contribution in [1.29, 1.82) is 0 Å². The van der Waals surface area contributed by atoms with Crippen LogP contribution in [-0.4, -0.2) is 75.9 Å². The Labute approximate surface area is 304 Å². The molecule has 6 rings (SSSR count). The summed E-state index contributed by atoms with van der Waals surface area (Å²) in [5.41, 5.74) is 10.6. The van der Waals surface area contributed by atoms with Crippen LogP contribution >= 0.6 is 0 Å². The molecule has 1 aliphatic heterocycles. The fourth-order valence-corrected chi connectivity index (χ4v) is 7.70. The Bertz CT molecular complexity index is 1830. The molecule has 0 spiro atoms. The van der Waals surface area contributed by atoms with Crippen LogP contribution in [0, 0.1) is 11.8 Å². The Morgan fingerprint density at radius 2 is 1.63 bits per heavy atom. The van der Waals surface area contributed by atoms with Gasteiger partial charge in [-0.1, -0.05) is 78.9 Å². The minimum atomic E-state index is -1.01. The maximum atomic E-state index is 14.1. The third kappa shape index (κ3) is 9.06. The van der Waals surface area contributed by atoms with Crippen molar-refractivity contribution in [2.24, 2.45) is 17.6 Å². The average molecular weight is 706 g/mol. The van der Waals surface area contributed by atoms with Crippen LogP contribution in [0.15, 0.2) is 103 Å². The highest BCUT2D eigenvalue weighted by Gasteiger charge is 2.41. The lowest BCUT2D eigenvalue weighted by Gasteiger charge is -2.29. The van der Waals surface area contributed by atoms with Gasteiger partial charge in [-0.25, -0.2) is 0 Å². The number of nitrogens with zero attached hydrogens (tertiary/aromatic N) is 1. The molecule has 1 heterocycles. The lowest BCUT2D eigenvalue weighted by molar-refractivity contribution is -0.133. The molecule has 272 valence electrons. The summed E-state index contributed by atoms with van der Waals surface area (Å²) < 4.78 is 5.51. The number of carbonyl (C=O) groups is 3. The van der Waals surface area contributed by atoms with E-state index in [1.54, 1.807) is 35.2 Å². The van der Waals surface area contributed by atoms with Crippen molar-refractivity contribution >= 4 is 17.7 Å². The van der Waals surface area contributed by atoms with Crippen molar-refractivity contribution in [2.45, 2.75) is 62.8 Å². The van der Waals surface area contributed by atoms with Gasteiger partial charge in [0.25, 0.3) is 0 Å². The van der Waals surface area contributed by atoms with E-state index in [4.69, 9.17) is 15.6 Å². The molecule has 2 aliphatic rings. The summed E-state index contributed by atoms with van der Waals surface area (Å²) in [4.78, 5) is 41.7. The van der Waals surface area contributed by atoms with Crippen LogP contribution in [0.2, 0.25) is 0 Å². The Kier molecular flexibility index (Phi) is 12.0. The number of fused-ring (bicyclic) bond motifs is 1. The summed E-state index contributed by atoms with van der Waals surface area (Å²) in [6, 6.07) is 31.2. The first-order chi connectivity index (χ1) is 25.2. The van der Waals surface area contributed by atoms with Crippen LogP contribution in [0.3, 0.4) is 0 Å². The van der Waals surface area contributed by atoms with Gasteiger partial charge in [-0.3, -0.25) is 14.4 Å². The number of nitrogens with one attached hydrogen (secondary N) is 1. The van der Waals surface area contributed by atoms with Gasteiger partial charge < -0.3 is 36.0 Å². The number of amides is 3. The van der Waals surface area contributed by atoms with Gasteiger partial charge in [0.1, 0.15) is 12.4 Å². The summed E-state index contributed by atoms with van der Waals surface area (Å²) in [5, 5.41) is 34.8. The van der Waals surface area contributed by atoms with Crippen molar-refractivity contribution < 1.29 is 34.4 Å². The van der Waals surface area contributed by atoms with Gasteiger partial charge in [-0.05, 0) is 84.2 Å². The maximum Gasteiger partial charge on any atom is 0.248 e. The second kappa shape index (κ2) is 17.0. The zero-order chi connectivity index (χ0) is 36.6. The van der Waals surface area contributed by atoms with Gasteiger partial charge in [0, 0.05) is 36.4 Å². The number of primary amides is 1. The number of benzene rings is 4. The molecule has 52 heavy (non-hydrogen) atoms. The first kappa shape index (κ1) is 36.8. The molecule has 10 nitrogen and oxygen atoms in total. The van der Waals surface area contributed by atoms with Gasteiger partial charge in [-0.2, -0.15) is 0 Å². The highest BCUT2D eigenvalue weighted by Crippen LogP contribution is 2.33. The quantitative estimate of drug-likeness (QED) is 0.119. The highest BCUT2D eigenvalue weighted by atomic mass is 16.5. The number of carbonyl (C=O) groups excluding carboxylic acids is 3. The lowest BCUT2D eigenvalue weighted by atomic mass is 9.91. The third-order valence-corrected chi connectivity index (χ3v) is 10.2. The van der Waals surface area contributed by atoms with E-state index >= 15 is 0 Å². The normalized spacial score (nSPS) is 20.7. The van der Waals surface area contributed by atoms with E-state index in [0.717, 1.165) is 27.8 Å². The summed E-state index contributed by atoms with van der Waals surface area (Å²) in [7, 11) is 0. The summed E-state index contributed by atoms with van der Waals surface area (Å²) >= 11 is 0. The molecule has 0 radical (unpaired) electrons. The topological polar surface area (TPSA) is 162 Å². The summed E-state index contributed by atoms with van der Waals surface area (Å²) in [6.07, 6.45) is 0.697. The van der Waals surface area contributed by atoms with Crippen molar-refractivity contribution in [3.63, 3.8) is 0 Å². The number of hydrogen-bond acceptors (Lipinski definition) is 7. The SMILES string of the molecule is NC(=O)c1cccc(C[C@H]2C[C@H](Cc3ccccc3)N(C[C@@H](O)C[C@@H](Cc3ccc(OCCO)cc3)C(=O)NC3c4ccccc4C[C@H]3O)C2=O)c1. The molecular weight excluding hydrogens is 658 g/mol. The molecule has 3 amide bonds. The molecule has 1 saturated heterocycles. The molecule has 0 saturated carbocycles. The Hall–Kier alpha value is -5.03. The van der Waals surface area contributed by atoms with Crippen LogP contribution in [0.1, 0.15) is 57.1 Å². The van der Waals surface area contributed by atoms with Crippen LogP contribution < -0.4 is 15.8 Å². The molecular formula is C42H47N3O7. The molecule has 0 bridgehead atoms. The van der Waals surface area contributed by atoms with Crippen LogP contribution in [0.4, 0.5) is 0 Å². The number of nitrogens with two attached hydrogens (primary N) is 1. The zero-order valence-electron chi connectivity index (χ0n) is 29.1. The number of aliphatic hydroxyl groups is 3. The van der Waals surface area contributed by atoms with Crippen LogP contribution in [0.25, 0.3) is 0 Å². The van der Waals surface area contributed by atoms with E-state index in [9.17, 15) is 24.6 Å². The zero-order valence-corrected chi connectivity index (χ0v) is 29.1. The number of rotatable bonds is 16.